The van der Waals surface area contributed by atoms with Crippen molar-refractivity contribution in [2.24, 2.45) is 0 Å². The van der Waals surface area contributed by atoms with E-state index in [0.29, 0.717) is 72.4 Å². The second kappa shape index (κ2) is 12.5. The smallest absolute Gasteiger partial charge is 0.410 e. The minimum Gasteiger partial charge on any atom is -0.492 e. The number of carbonyl (C=O) groups excluding carboxylic acids is 1. The summed E-state index contributed by atoms with van der Waals surface area (Å²) >= 11 is 6.86. The highest BCUT2D eigenvalue weighted by molar-refractivity contribution is 6.33. The molecule has 11 nitrogen and oxygen atoms in total. The van der Waals surface area contributed by atoms with Crippen LogP contribution in [0.25, 0.3) is 22.6 Å². The van der Waals surface area contributed by atoms with Gasteiger partial charge in [-0.05, 0) is 44.5 Å². The lowest BCUT2D eigenvalue weighted by atomic mass is 10.2. The number of nitriles is 1. The largest absolute Gasteiger partial charge is 0.492 e. The van der Waals surface area contributed by atoms with Gasteiger partial charge in [0.2, 0.25) is 5.88 Å². The first kappa shape index (κ1) is 30.6. The monoisotopic (exact) mass is 629 g/mol. The van der Waals surface area contributed by atoms with E-state index in [1.165, 1.54) is 6.33 Å². The molecule has 0 bridgehead atoms. The van der Waals surface area contributed by atoms with E-state index < -0.39 is 11.2 Å². The molecule has 1 aliphatic heterocycles. The highest BCUT2D eigenvalue weighted by Gasteiger charge is 2.47. The van der Waals surface area contributed by atoms with Crippen LogP contribution in [0.5, 0.6) is 11.6 Å². The van der Waals surface area contributed by atoms with Crippen LogP contribution in [0.15, 0.2) is 54.9 Å². The van der Waals surface area contributed by atoms with Gasteiger partial charge < -0.3 is 23.7 Å². The van der Waals surface area contributed by atoms with Crippen molar-refractivity contribution >= 4 is 28.9 Å². The molecule has 4 aromatic rings. The normalized spacial score (nSPS) is 16.3. The molecule has 1 saturated heterocycles. The lowest BCUT2D eigenvalue weighted by molar-refractivity contribution is 0.0137. The van der Waals surface area contributed by atoms with Crippen molar-refractivity contribution in [2.75, 3.05) is 39.3 Å². The number of rotatable bonds is 9. The molecule has 2 fully saturated rings. The number of amides is 1. The van der Waals surface area contributed by atoms with Crippen LogP contribution in [0, 0.1) is 11.3 Å². The van der Waals surface area contributed by atoms with E-state index in [-0.39, 0.29) is 12.0 Å². The summed E-state index contributed by atoms with van der Waals surface area (Å²) < 4.78 is 19.6. The number of imidazole rings is 1. The maximum atomic E-state index is 12.3. The number of hydrogen-bond donors (Lipinski definition) is 0. The van der Waals surface area contributed by atoms with Crippen molar-refractivity contribution in [1.29, 1.82) is 5.26 Å². The number of hydrogen-bond acceptors (Lipinski definition) is 9. The molecule has 6 rings (SSSR count). The van der Waals surface area contributed by atoms with Gasteiger partial charge in [-0.2, -0.15) is 10.2 Å². The van der Waals surface area contributed by atoms with Gasteiger partial charge in [0.25, 0.3) is 0 Å². The van der Waals surface area contributed by atoms with Crippen LogP contribution in [-0.4, -0.2) is 85.9 Å². The summed E-state index contributed by atoms with van der Waals surface area (Å²) in [6.45, 7) is 10.1. The van der Waals surface area contributed by atoms with E-state index in [1.54, 1.807) is 11.0 Å². The zero-order valence-electron chi connectivity index (χ0n) is 25.7. The molecule has 2 aromatic heterocycles. The van der Waals surface area contributed by atoms with Gasteiger partial charge in [-0.1, -0.05) is 41.9 Å². The number of ether oxygens (including phenoxy) is 3. The first-order valence-electron chi connectivity index (χ1n) is 15.1. The molecule has 234 valence electrons. The molecule has 0 N–H and O–H groups in total. The van der Waals surface area contributed by atoms with Gasteiger partial charge in [0, 0.05) is 51.1 Å². The molecular weight excluding hydrogens is 594 g/mol. The van der Waals surface area contributed by atoms with E-state index in [4.69, 9.17) is 30.8 Å². The van der Waals surface area contributed by atoms with Crippen molar-refractivity contribution in [3.8, 4) is 29.1 Å². The fourth-order valence-corrected chi connectivity index (χ4v) is 5.44. The van der Waals surface area contributed by atoms with Crippen LogP contribution in [0.2, 0.25) is 5.02 Å². The van der Waals surface area contributed by atoms with E-state index >= 15 is 0 Å². The number of halogens is 1. The highest BCUT2D eigenvalue weighted by atomic mass is 35.5. The Hall–Kier alpha value is -4.40. The van der Waals surface area contributed by atoms with Crippen LogP contribution in [-0.2, 0) is 11.3 Å². The Labute approximate surface area is 267 Å². The summed E-state index contributed by atoms with van der Waals surface area (Å²) in [4.78, 5) is 30.2. The van der Waals surface area contributed by atoms with Gasteiger partial charge in [-0.3, -0.25) is 4.90 Å². The second-order valence-corrected chi connectivity index (χ2v) is 12.8. The van der Waals surface area contributed by atoms with Crippen molar-refractivity contribution < 1.29 is 19.0 Å². The van der Waals surface area contributed by atoms with Gasteiger partial charge in [-0.25, -0.2) is 14.8 Å². The average molecular weight is 630 g/mol. The summed E-state index contributed by atoms with van der Waals surface area (Å²) in [5.41, 5.74) is 1.49. The first-order chi connectivity index (χ1) is 21.6. The standard InChI is InChI=1S/C33H36ClN7O4/c1-32(2,3)45-31(42)40-15-13-39(14-16-40)17-18-43-24-9-10-25(26(34)19-24)28-38-27-29(41(28)20-23-7-5-4-6-8-23)36-22-37-30(27)44-33(21-35)11-12-33/h4-10,19,22H,11-18,20H2,1-3H3. The molecule has 45 heavy (non-hydrogen) atoms. The maximum absolute atomic E-state index is 12.3. The SMILES string of the molecule is CC(C)(C)OC(=O)N1CCN(CCOc2ccc(-c3nc4c(OC5(C#N)CC5)ncnc4n3Cc3ccccc3)c(Cl)c2)CC1. The molecule has 3 heterocycles. The molecule has 0 radical (unpaired) electrons. The molecule has 2 aromatic carbocycles. The second-order valence-electron chi connectivity index (χ2n) is 12.4. The van der Waals surface area contributed by atoms with Crippen LogP contribution in [0.4, 0.5) is 4.79 Å². The zero-order chi connectivity index (χ0) is 31.6. The number of aromatic nitrogens is 4. The van der Waals surface area contributed by atoms with Crippen molar-refractivity contribution in [3.05, 3.63) is 65.4 Å². The molecule has 1 saturated carbocycles. The molecular formula is C33H36ClN7O4. The fraction of sp³-hybridized carbons (Fsp3) is 0.424. The van der Waals surface area contributed by atoms with Gasteiger partial charge in [0.15, 0.2) is 16.8 Å². The zero-order valence-corrected chi connectivity index (χ0v) is 26.5. The number of nitrogens with zero attached hydrogens (tertiary/aromatic N) is 7. The van der Waals surface area contributed by atoms with Gasteiger partial charge in [0.05, 0.1) is 11.6 Å². The van der Waals surface area contributed by atoms with Gasteiger partial charge in [-0.15, -0.1) is 0 Å². The summed E-state index contributed by atoms with van der Waals surface area (Å²) in [7, 11) is 0. The Balaban J connectivity index is 1.16. The maximum Gasteiger partial charge on any atom is 0.410 e. The van der Waals surface area contributed by atoms with Crippen LogP contribution in [0.1, 0.15) is 39.2 Å². The highest BCUT2D eigenvalue weighted by Crippen LogP contribution is 2.41. The summed E-state index contributed by atoms with van der Waals surface area (Å²) in [6.07, 6.45) is 2.48. The van der Waals surface area contributed by atoms with Crippen molar-refractivity contribution in [2.45, 2.75) is 51.4 Å². The van der Waals surface area contributed by atoms with E-state index in [1.807, 2.05) is 67.8 Å². The summed E-state index contributed by atoms with van der Waals surface area (Å²) in [5, 5.41) is 10.1. The van der Waals surface area contributed by atoms with Crippen LogP contribution < -0.4 is 9.47 Å². The lowest BCUT2D eigenvalue weighted by Gasteiger charge is -2.35. The number of benzene rings is 2. The molecule has 0 spiro atoms. The van der Waals surface area contributed by atoms with Gasteiger partial charge >= 0.3 is 6.09 Å². The van der Waals surface area contributed by atoms with E-state index in [9.17, 15) is 10.1 Å². The van der Waals surface area contributed by atoms with E-state index in [2.05, 4.69) is 20.9 Å². The minimum absolute atomic E-state index is 0.268. The number of piperazine rings is 1. The fourth-order valence-electron chi connectivity index (χ4n) is 5.19. The predicted molar refractivity (Wildman–Crippen MR) is 169 cm³/mol. The van der Waals surface area contributed by atoms with Crippen molar-refractivity contribution in [1.82, 2.24) is 29.3 Å². The van der Waals surface area contributed by atoms with Crippen LogP contribution >= 0.6 is 11.6 Å². The van der Waals surface area contributed by atoms with Crippen LogP contribution in [0.3, 0.4) is 0 Å². The molecule has 0 unspecified atom stereocenters. The molecule has 2 aliphatic rings. The summed E-state index contributed by atoms with van der Waals surface area (Å²) in [6, 6.07) is 17.8. The van der Waals surface area contributed by atoms with E-state index in [0.717, 1.165) is 25.2 Å². The average Bonchev–Trinajstić information content (AvgIpc) is 3.70. The molecule has 0 atom stereocenters. The topological polar surface area (TPSA) is 119 Å². The third-order valence-electron chi connectivity index (χ3n) is 7.76. The number of fused-ring (bicyclic) bond motifs is 1. The summed E-state index contributed by atoms with van der Waals surface area (Å²) in [5.74, 6) is 1.55. The minimum atomic E-state index is -0.854. The van der Waals surface area contributed by atoms with Crippen molar-refractivity contribution in [3.63, 3.8) is 0 Å². The Bertz CT molecular complexity index is 1720. The Morgan fingerprint density at radius 1 is 1.07 bits per heavy atom. The predicted octanol–water partition coefficient (Wildman–Crippen LogP) is 5.56. The third kappa shape index (κ3) is 7.13. The quantitative estimate of drug-likeness (QED) is 0.234. The molecule has 12 heteroatoms. The third-order valence-corrected chi connectivity index (χ3v) is 8.08. The lowest BCUT2D eigenvalue weighted by Crippen LogP contribution is -2.50. The molecule has 1 aliphatic carbocycles. The first-order valence-corrected chi connectivity index (χ1v) is 15.5. The molecule has 1 amide bonds. The number of carbonyl (C=O) groups is 1. The Kier molecular flexibility index (Phi) is 8.53. The Morgan fingerprint density at radius 2 is 1.82 bits per heavy atom. The van der Waals surface area contributed by atoms with Gasteiger partial charge in [0.1, 0.15) is 36.2 Å². The Morgan fingerprint density at radius 3 is 2.49 bits per heavy atom.